The van der Waals surface area contributed by atoms with E-state index in [9.17, 15) is 10.1 Å². The first-order chi connectivity index (χ1) is 13.5. The highest BCUT2D eigenvalue weighted by Gasteiger charge is 2.16. The van der Waals surface area contributed by atoms with Crippen molar-refractivity contribution in [2.75, 3.05) is 5.32 Å². The zero-order valence-corrected chi connectivity index (χ0v) is 15.4. The summed E-state index contributed by atoms with van der Waals surface area (Å²) >= 11 is 0. The molecule has 0 amide bonds. The fourth-order valence-electron chi connectivity index (χ4n) is 3.08. The van der Waals surface area contributed by atoms with Crippen molar-refractivity contribution < 1.29 is 4.92 Å². The molecule has 0 spiro atoms. The van der Waals surface area contributed by atoms with Crippen LogP contribution in [0.4, 0.5) is 17.1 Å². The molecule has 4 aromatic rings. The molecule has 0 fully saturated rings. The minimum atomic E-state index is -0.413. The molecule has 1 N–H and O–H groups in total. The fraction of sp³-hybridized carbons (Fsp3) is 0.150. The third-order valence-electron chi connectivity index (χ3n) is 4.43. The van der Waals surface area contributed by atoms with Crippen molar-refractivity contribution in [1.29, 1.82) is 0 Å². The molecule has 0 radical (unpaired) electrons. The van der Waals surface area contributed by atoms with Gasteiger partial charge in [0, 0.05) is 35.1 Å². The highest BCUT2D eigenvalue weighted by atomic mass is 16.6. The van der Waals surface area contributed by atoms with E-state index in [4.69, 9.17) is 0 Å². The van der Waals surface area contributed by atoms with Gasteiger partial charge < -0.3 is 9.88 Å². The number of imidazole rings is 1. The molecule has 2 aromatic carbocycles. The van der Waals surface area contributed by atoms with Crippen LogP contribution in [0.2, 0.25) is 0 Å². The van der Waals surface area contributed by atoms with Crippen LogP contribution in [0.5, 0.6) is 0 Å². The Labute approximate surface area is 161 Å². The van der Waals surface area contributed by atoms with Crippen molar-refractivity contribution in [1.82, 2.24) is 19.5 Å². The second-order valence-corrected chi connectivity index (χ2v) is 6.62. The van der Waals surface area contributed by atoms with Crippen LogP contribution in [-0.2, 0) is 0 Å². The Kier molecular flexibility index (Phi) is 4.44. The third-order valence-corrected chi connectivity index (χ3v) is 4.43. The van der Waals surface area contributed by atoms with Crippen molar-refractivity contribution in [3.05, 3.63) is 71.3 Å². The van der Waals surface area contributed by atoms with Crippen molar-refractivity contribution in [3.63, 3.8) is 0 Å². The Bertz CT molecular complexity index is 1170. The van der Waals surface area contributed by atoms with E-state index < -0.39 is 4.92 Å². The number of para-hydroxylation sites is 1. The molecule has 0 bridgehead atoms. The highest BCUT2D eigenvalue weighted by molar-refractivity contribution is 5.92. The Morgan fingerprint density at radius 1 is 1.07 bits per heavy atom. The second kappa shape index (κ2) is 7.07. The predicted octanol–water partition coefficient (Wildman–Crippen LogP) is 4.73. The molecule has 2 heterocycles. The van der Waals surface area contributed by atoms with Gasteiger partial charge in [0.1, 0.15) is 17.5 Å². The van der Waals surface area contributed by atoms with E-state index in [-0.39, 0.29) is 11.7 Å². The van der Waals surface area contributed by atoms with Gasteiger partial charge in [-0.15, -0.1) is 0 Å². The van der Waals surface area contributed by atoms with E-state index in [1.165, 1.54) is 18.5 Å². The first-order valence-corrected chi connectivity index (χ1v) is 8.83. The Morgan fingerprint density at radius 3 is 2.68 bits per heavy atom. The maximum atomic E-state index is 11.0. The van der Waals surface area contributed by atoms with Crippen molar-refractivity contribution >= 4 is 28.2 Å². The zero-order valence-electron chi connectivity index (χ0n) is 15.4. The molecule has 0 atom stereocenters. The predicted molar refractivity (Wildman–Crippen MR) is 108 cm³/mol. The maximum absolute atomic E-state index is 11.0. The topological polar surface area (TPSA) is 98.8 Å². The summed E-state index contributed by atoms with van der Waals surface area (Å²) in [5, 5.41) is 14.3. The van der Waals surface area contributed by atoms with Gasteiger partial charge in [-0.1, -0.05) is 24.3 Å². The van der Waals surface area contributed by atoms with Crippen LogP contribution in [0.1, 0.15) is 19.9 Å². The van der Waals surface area contributed by atoms with Gasteiger partial charge in [0.15, 0.2) is 5.65 Å². The van der Waals surface area contributed by atoms with Crippen LogP contribution in [0, 0.1) is 10.1 Å². The van der Waals surface area contributed by atoms with Gasteiger partial charge in [-0.3, -0.25) is 10.1 Å². The van der Waals surface area contributed by atoms with Crippen LogP contribution < -0.4 is 5.32 Å². The maximum Gasteiger partial charge on any atom is 0.271 e. The number of nitrogens with zero attached hydrogens (tertiary/aromatic N) is 5. The van der Waals surface area contributed by atoms with Gasteiger partial charge in [-0.2, -0.15) is 0 Å². The third kappa shape index (κ3) is 3.16. The summed E-state index contributed by atoms with van der Waals surface area (Å²) in [7, 11) is 0. The summed E-state index contributed by atoms with van der Waals surface area (Å²) in [4.78, 5) is 24.0. The summed E-state index contributed by atoms with van der Waals surface area (Å²) in [6.07, 6.45) is 3.30. The SMILES string of the molecule is CC(C)n1cnc2c(-c3ccccc3Nc3cccc([N+](=O)[O-])c3)ncnc21. The smallest absolute Gasteiger partial charge is 0.271 e. The van der Waals surface area contributed by atoms with Gasteiger partial charge in [0.2, 0.25) is 0 Å². The Morgan fingerprint density at radius 2 is 1.89 bits per heavy atom. The Balaban J connectivity index is 1.80. The quantitative estimate of drug-likeness (QED) is 0.401. The van der Waals surface area contributed by atoms with Crippen LogP contribution >= 0.6 is 0 Å². The number of hydrogen-bond donors (Lipinski definition) is 1. The molecule has 0 saturated heterocycles. The number of aromatic nitrogens is 4. The minimum absolute atomic E-state index is 0.0302. The summed E-state index contributed by atoms with van der Waals surface area (Å²) in [6.45, 7) is 4.14. The van der Waals surface area contributed by atoms with Gasteiger partial charge in [-0.25, -0.2) is 15.0 Å². The molecule has 2 aromatic heterocycles. The number of nitrogens with one attached hydrogen (secondary N) is 1. The van der Waals surface area contributed by atoms with Crippen molar-refractivity contribution in [2.45, 2.75) is 19.9 Å². The number of non-ortho nitro benzene ring substituents is 1. The molecule has 0 saturated carbocycles. The normalized spacial score (nSPS) is 11.1. The number of nitro benzene ring substituents is 1. The average molecular weight is 374 g/mol. The zero-order chi connectivity index (χ0) is 19.7. The number of benzene rings is 2. The number of hydrogen-bond acceptors (Lipinski definition) is 6. The van der Waals surface area contributed by atoms with E-state index in [2.05, 4.69) is 34.1 Å². The summed E-state index contributed by atoms with van der Waals surface area (Å²) in [5.74, 6) is 0. The average Bonchev–Trinajstić information content (AvgIpc) is 3.13. The van der Waals surface area contributed by atoms with Gasteiger partial charge in [0.25, 0.3) is 5.69 Å². The lowest BCUT2D eigenvalue weighted by atomic mass is 10.1. The standard InChI is InChI=1S/C20H18N6O2/c1-13(2)25-12-23-19-18(21-11-22-20(19)25)16-8-3-4-9-17(16)24-14-6-5-7-15(10-14)26(27)28/h3-13,24H,1-2H3. The number of anilines is 2. The second-order valence-electron chi connectivity index (χ2n) is 6.62. The Hall–Kier alpha value is -3.81. The minimum Gasteiger partial charge on any atom is -0.355 e. The largest absolute Gasteiger partial charge is 0.355 e. The molecule has 28 heavy (non-hydrogen) atoms. The van der Waals surface area contributed by atoms with Gasteiger partial charge >= 0.3 is 0 Å². The number of nitro groups is 1. The first kappa shape index (κ1) is 17.6. The van der Waals surface area contributed by atoms with Gasteiger partial charge in [-0.05, 0) is 26.0 Å². The molecule has 0 aliphatic heterocycles. The van der Waals surface area contributed by atoms with Crippen LogP contribution in [-0.4, -0.2) is 24.4 Å². The summed E-state index contributed by atoms with van der Waals surface area (Å²) in [6, 6.07) is 14.3. The van der Waals surface area contributed by atoms with E-state index in [0.29, 0.717) is 16.9 Å². The molecule has 8 heteroatoms. The molecule has 0 unspecified atom stereocenters. The molecule has 4 rings (SSSR count). The lowest BCUT2D eigenvalue weighted by Crippen LogP contribution is -2.01. The van der Waals surface area contributed by atoms with Crippen molar-refractivity contribution in [2.24, 2.45) is 0 Å². The highest BCUT2D eigenvalue weighted by Crippen LogP contribution is 2.33. The van der Waals surface area contributed by atoms with E-state index >= 15 is 0 Å². The molecular formula is C20H18N6O2. The summed E-state index contributed by atoms with van der Waals surface area (Å²) in [5.41, 5.74) is 4.47. The van der Waals surface area contributed by atoms with Crippen LogP contribution in [0.15, 0.2) is 61.2 Å². The van der Waals surface area contributed by atoms with E-state index in [1.54, 1.807) is 18.5 Å². The van der Waals surface area contributed by atoms with Gasteiger partial charge in [0.05, 0.1) is 11.3 Å². The molecule has 140 valence electrons. The number of fused-ring (bicyclic) bond motifs is 1. The molecule has 0 aliphatic carbocycles. The van der Waals surface area contributed by atoms with E-state index in [0.717, 1.165) is 16.9 Å². The first-order valence-electron chi connectivity index (χ1n) is 8.83. The number of rotatable bonds is 5. The van der Waals surface area contributed by atoms with Crippen LogP contribution in [0.25, 0.3) is 22.4 Å². The molecule has 8 nitrogen and oxygen atoms in total. The monoisotopic (exact) mass is 374 g/mol. The van der Waals surface area contributed by atoms with Crippen molar-refractivity contribution in [3.8, 4) is 11.3 Å². The lowest BCUT2D eigenvalue weighted by molar-refractivity contribution is -0.384. The lowest BCUT2D eigenvalue weighted by Gasteiger charge is -2.12. The summed E-state index contributed by atoms with van der Waals surface area (Å²) < 4.78 is 2.00. The van der Waals surface area contributed by atoms with E-state index in [1.807, 2.05) is 28.8 Å². The molecular weight excluding hydrogens is 356 g/mol. The fourth-order valence-corrected chi connectivity index (χ4v) is 3.08. The molecule has 0 aliphatic rings. The van der Waals surface area contributed by atoms with Crippen LogP contribution in [0.3, 0.4) is 0 Å².